The van der Waals surface area contributed by atoms with Crippen LogP contribution in [0.25, 0.3) is 0 Å². The van der Waals surface area contributed by atoms with Crippen molar-refractivity contribution in [2.45, 2.75) is 0 Å². The number of carboxylic acids is 1. The van der Waals surface area contributed by atoms with Gasteiger partial charge in [-0.15, -0.1) is 11.3 Å². The first-order chi connectivity index (χ1) is 8.09. The highest BCUT2D eigenvalue weighted by molar-refractivity contribution is 7.16. The molecule has 2 aromatic heterocycles. The molecule has 4 nitrogen and oxygen atoms in total. The maximum absolute atomic E-state index is 12.0. The molecule has 0 aliphatic rings. The van der Waals surface area contributed by atoms with Gasteiger partial charge in [-0.1, -0.05) is 11.6 Å². The molecule has 0 amide bonds. The average molecular weight is 268 g/mol. The van der Waals surface area contributed by atoms with Crippen LogP contribution < -0.4 is 0 Å². The number of hydrogen-bond acceptors (Lipinski definition) is 4. The summed E-state index contributed by atoms with van der Waals surface area (Å²) in [5.74, 6) is -1.37. The van der Waals surface area contributed by atoms with Gasteiger partial charge in [-0.3, -0.25) is 4.79 Å². The second-order valence-electron chi connectivity index (χ2n) is 3.14. The fourth-order valence-corrected chi connectivity index (χ4v) is 2.27. The van der Waals surface area contributed by atoms with Gasteiger partial charge in [0.15, 0.2) is 0 Å². The van der Waals surface area contributed by atoms with Gasteiger partial charge in [-0.2, -0.15) is 0 Å². The highest BCUT2D eigenvalue weighted by Crippen LogP contribution is 2.22. The molecular formula is C11H6ClNO3S. The van der Waals surface area contributed by atoms with Crippen LogP contribution >= 0.6 is 22.9 Å². The second-order valence-corrected chi connectivity index (χ2v) is 4.58. The van der Waals surface area contributed by atoms with Gasteiger partial charge in [0.2, 0.25) is 5.78 Å². The number of carboxylic acid groups (broad SMARTS) is 1. The predicted molar refractivity (Wildman–Crippen MR) is 64.0 cm³/mol. The maximum Gasteiger partial charge on any atom is 0.345 e. The Morgan fingerprint density at radius 1 is 1.24 bits per heavy atom. The predicted octanol–water partition coefficient (Wildman–Crippen LogP) is 2.73. The molecule has 86 valence electrons. The van der Waals surface area contributed by atoms with Gasteiger partial charge in [-0.25, -0.2) is 9.78 Å². The fraction of sp³-hybridized carbons (Fsp3) is 0. The minimum absolute atomic E-state index is 0.114. The lowest BCUT2D eigenvalue weighted by Crippen LogP contribution is -2.00. The Kier molecular flexibility index (Phi) is 3.21. The summed E-state index contributed by atoms with van der Waals surface area (Å²) in [6, 6.07) is 6.02. The first-order valence-electron chi connectivity index (χ1n) is 4.58. The number of ketones is 1. The Morgan fingerprint density at radius 2 is 1.94 bits per heavy atom. The maximum atomic E-state index is 12.0. The number of pyridine rings is 1. The molecule has 6 heteroatoms. The van der Waals surface area contributed by atoms with Gasteiger partial charge in [-0.05, 0) is 24.3 Å². The van der Waals surface area contributed by atoms with Crippen molar-refractivity contribution in [3.8, 4) is 0 Å². The summed E-state index contributed by atoms with van der Waals surface area (Å²) in [4.78, 5) is 26.9. The third-order valence-corrected chi connectivity index (χ3v) is 3.42. The van der Waals surface area contributed by atoms with Crippen molar-refractivity contribution in [3.05, 3.63) is 50.9 Å². The molecule has 2 heterocycles. The molecule has 2 aromatic rings. The third kappa shape index (κ3) is 2.35. The van der Waals surface area contributed by atoms with Crippen molar-refractivity contribution in [2.24, 2.45) is 0 Å². The van der Waals surface area contributed by atoms with E-state index in [1.807, 2.05) is 0 Å². The van der Waals surface area contributed by atoms with Crippen molar-refractivity contribution >= 4 is 34.7 Å². The van der Waals surface area contributed by atoms with Gasteiger partial charge >= 0.3 is 5.97 Å². The molecule has 0 bridgehead atoms. The number of halogens is 1. The smallest absolute Gasteiger partial charge is 0.345 e. The summed E-state index contributed by atoms with van der Waals surface area (Å²) in [5, 5.41) is 8.88. The number of hydrogen-bond donors (Lipinski definition) is 1. The van der Waals surface area contributed by atoms with Crippen molar-refractivity contribution < 1.29 is 14.7 Å². The van der Waals surface area contributed by atoms with Gasteiger partial charge in [0, 0.05) is 6.20 Å². The summed E-state index contributed by atoms with van der Waals surface area (Å²) in [5.41, 5.74) is 0.271. The topological polar surface area (TPSA) is 67.3 Å². The highest BCUT2D eigenvalue weighted by atomic mass is 35.5. The average Bonchev–Trinajstić information content (AvgIpc) is 2.78. The van der Waals surface area contributed by atoms with Crippen LogP contribution in [-0.4, -0.2) is 21.8 Å². The lowest BCUT2D eigenvalue weighted by molar-refractivity contribution is 0.0702. The highest BCUT2D eigenvalue weighted by Gasteiger charge is 2.17. The lowest BCUT2D eigenvalue weighted by Gasteiger charge is -1.99. The molecule has 0 aromatic carbocycles. The zero-order valence-corrected chi connectivity index (χ0v) is 9.96. The quantitative estimate of drug-likeness (QED) is 0.686. The second kappa shape index (κ2) is 4.65. The van der Waals surface area contributed by atoms with E-state index in [9.17, 15) is 9.59 Å². The molecule has 0 saturated heterocycles. The largest absolute Gasteiger partial charge is 0.477 e. The molecule has 0 fully saturated rings. The molecular weight excluding hydrogens is 262 g/mol. The van der Waals surface area contributed by atoms with Crippen molar-refractivity contribution in [1.29, 1.82) is 0 Å². The van der Waals surface area contributed by atoms with Crippen molar-refractivity contribution in [1.82, 2.24) is 4.98 Å². The Hall–Kier alpha value is -1.72. The number of aromatic nitrogens is 1. The SMILES string of the molecule is O=C(O)c1ccc(C(=O)c2cccnc2Cl)s1. The Labute approximate surface area is 105 Å². The van der Waals surface area contributed by atoms with Gasteiger partial charge < -0.3 is 5.11 Å². The minimum Gasteiger partial charge on any atom is -0.477 e. The van der Waals surface area contributed by atoms with E-state index in [4.69, 9.17) is 16.7 Å². The summed E-state index contributed by atoms with van der Waals surface area (Å²) in [7, 11) is 0. The first kappa shape index (κ1) is 11.8. The first-order valence-corrected chi connectivity index (χ1v) is 5.77. The molecule has 0 unspecified atom stereocenters. The monoisotopic (exact) mass is 267 g/mol. The van der Waals surface area contributed by atoms with Gasteiger partial charge in [0.25, 0.3) is 0 Å². The number of carbonyl (C=O) groups is 2. The van der Waals surface area contributed by atoms with Crippen LogP contribution in [0.15, 0.2) is 30.5 Å². The molecule has 0 aliphatic carbocycles. The molecule has 0 radical (unpaired) electrons. The van der Waals surface area contributed by atoms with E-state index in [2.05, 4.69) is 4.98 Å². The van der Waals surface area contributed by atoms with Crippen molar-refractivity contribution in [3.63, 3.8) is 0 Å². The number of thiophene rings is 1. The van der Waals surface area contributed by atoms with E-state index in [-0.39, 0.29) is 21.4 Å². The van der Waals surface area contributed by atoms with Crippen LogP contribution in [0.1, 0.15) is 24.9 Å². The van der Waals surface area contributed by atoms with E-state index in [1.165, 1.54) is 18.3 Å². The van der Waals surface area contributed by atoms with E-state index >= 15 is 0 Å². The van der Waals surface area contributed by atoms with Crippen LogP contribution in [0.2, 0.25) is 5.15 Å². The summed E-state index contributed by atoms with van der Waals surface area (Å²) < 4.78 is 0. The van der Waals surface area contributed by atoms with Crippen LogP contribution in [-0.2, 0) is 0 Å². The minimum atomic E-state index is -1.05. The van der Waals surface area contributed by atoms with Gasteiger partial charge in [0.1, 0.15) is 10.0 Å². The van der Waals surface area contributed by atoms with Crippen LogP contribution in [0.4, 0.5) is 0 Å². The number of carbonyl (C=O) groups excluding carboxylic acids is 1. The van der Waals surface area contributed by atoms with E-state index in [0.717, 1.165) is 11.3 Å². The van der Waals surface area contributed by atoms with Gasteiger partial charge in [0.05, 0.1) is 10.4 Å². The molecule has 17 heavy (non-hydrogen) atoms. The standard InChI is InChI=1S/C11H6ClNO3S/c12-10-6(2-1-5-13-10)9(14)7-3-4-8(17-7)11(15)16/h1-5H,(H,15,16). The normalized spacial score (nSPS) is 10.2. The molecule has 0 saturated carbocycles. The Bertz CT molecular complexity index is 594. The third-order valence-electron chi connectivity index (χ3n) is 2.04. The van der Waals surface area contributed by atoms with Crippen LogP contribution in [0.3, 0.4) is 0 Å². The number of rotatable bonds is 3. The summed E-state index contributed by atoms with van der Waals surface area (Å²) >= 11 is 6.71. The summed E-state index contributed by atoms with van der Waals surface area (Å²) in [6.45, 7) is 0. The molecule has 1 N–H and O–H groups in total. The zero-order valence-electron chi connectivity index (χ0n) is 8.38. The zero-order chi connectivity index (χ0) is 12.4. The fourth-order valence-electron chi connectivity index (χ4n) is 1.26. The Morgan fingerprint density at radius 3 is 2.53 bits per heavy atom. The van der Waals surface area contributed by atoms with E-state index < -0.39 is 5.97 Å². The molecule has 0 aliphatic heterocycles. The molecule has 0 spiro atoms. The number of nitrogens with zero attached hydrogens (tertiary/aromatic N) is 1. The van der Waals surface area contributed by atoms with Crippen LogP contribution in [0.5, 0.6) is 0 Å². The lowest BCUT2D eigenvalue weighted by atomic mass is 10.1. The van der Waals surface area contributed by atoms with Crippen molar-refractivity contribution in [2.75, 3.05) is 0 Å². The summed E-state index contributed by atoms with van der Waals surface area (Å²) in [6.07, 6.45) is 1.48. The molecule has 0 atom stereocenters. The Balaban J connectivity index is 2.37. The molecule has 2 rings (SSSR count). The van der Waals surface area contributed by atoms with E-state index in [1.54, 1.807) is 12.1 Å². The van der Waals surface area contributed by atoms with Crippen LogP contribution in [0, 0.1) is 0 Å². The van der Waals surface area contributed by atoms with E-state index in [0.29, 0.717) is 4.88 Å². The number of aromatic carboxylic acids is 1.